The summed E-state index contributed by atoms with van der Waals surface area (Å²) in [5.74, 6) is 0.0862. The third-order valence-electron chi connectivity index (χ3n) is 2.95. The van der Waals surface area contributed by atoms with Crippen molar-refractivity contribution >= 4 is 5.91 Å². The summed E-state index contributed by atoms with van der Waals surface area (Å²) in [6.45, 7) is 0.727. The number of carbonyl (C=O) groups is 1. The molecule has 0 unspecified atom stereocenters. The molecule has 5 nitrogen and oxygen atoms in total. The van der Waals surface area contributed by atoms with Gasteiger partial charge in [-0.1, -0.05) is 12.1 Å². The summed E-state index contributed by atoms with van der Waals surface area (Å²) in [7, 11) is 1.72. The second-order valence-electron chi connectivity index (χ2n) is 4.57. The number of amides is 1. The molecule has 0 saturated carbocycles. The molecular weight excluding hydrogens is 254 g/mol. The second kappa shape index (κ2) is 6.16. The summed E-state index contributed by atoms with van der Waals surface area (Å²) in [6.07, 6.45) is 1.58. The Labute approximate surface area is 117 Å². The minimum Gasteiger partial charge on any atom is -0.508 e. The molecule has 0 radical (unpaired) electrons. The highest BCUT2D eigenvalue weighted by molar-refractivity contribution is 5.94. The Morgan fingerprint density at radius 2 is 2.15 bits per heavy atom. The summed E-state index contributed by atoms with van der Waals surface area (Å²) in [4.78, 5) is 18.0. The van der Waals surface area contributed by atoms with E-state index in [1.54, 1.807) is 48.5 Å². The Morgan fingerprint density at radius 1 is 1.35 bits per heavy atom. The van der Waals surface area contributed by atoms with Crippen molar-refractivity contribution in [3.8, 4) is 5.75 Å². The number of benzene rings is 1. The van der Waals surface area contributed by atoms with Crippen molar-refractivity contribution in [1.82, 2.24) is 9.88 Å². The first-order chi connectivity index (χ1) is 9.60. The van der Waals surface area contributed by atoms with E-state index in [4.69, 9.17) is 5.73 Å². The number of hydrogen-bond acceptors (Lipinski definition) is 4. The number of carbonyl (C=O) groups excluding carboxylic acids is 1. The molecule has 2 rings (SSSR count). The summed E-state index contributed by atoms with van der Waals surface area (Å²) < 4.78 is 0. The van der Waals surface area contributed by atoms with Gasteiger partial charge in [0.25, 0.3) is 5.91 Å². The lowest BCUT2D eigenvalue weighted by Gasteiger charge is -2.17. The summed E-state index contributed by atoms with van der Waals surface area (Å²) in [6, 6.07) is 10.2. The van der Waals surface area contributed by atoms with Crippen LogP contribution in [0, 0.1) is 0 Å². The van der Waals surface area contributed by atoms with Crippen LogP contribution in [-0.2, 0) is 13.1 Å². The highest BCUT2D eigenvalue weighted by Crippen LogP contribution is 2.14. The van der Waals surface area contributed by atoms with Crippen LogP contribution in [0.2, 0.25) is 0 Å². The topological polar surface area (TPSA) is 79.5 Å². The molecule has 1 aromatic heterocycles. The number of aromatic hydroxyl groups is 1. The SMILES string of the molecule is CN(Cc1cccc(O)c1)C(=O)c1ccnc(CN)c1. The Kier molecular flexibility index (Phi) is 4.32. The number of aromatic nitrogens is 1. The monoisotopic (exact) mass is 271 g/mol. The number of rotatable bonds is 4. The van der Waals surface area contributed by atoms with Gasteiger partial charge in [0, 0.05) is 31.9 Å². The maximum absolute atomic E-state index is 12.3. The first-order valence-corrected chi connectivity index (χ1v) is 6.28. The van der Waals surface area contributed by atoms with Gasteiger partial charge in [0.1, 0.15) is 5.75 Å². The number of hydrogen-bond donors (Lipinski definition) is 2. The second-order valence-corrected chi connectivity index (χ2v) is 4.57. The van der Waals surface area contributed by atoms with Crippen molar-refractivity contribution in [2.45, 2.75) is 13.1 Å². The van der Waals surface area contributed by atoms with E-state index in [0.29, 0.717) is 24.3 Å². The minimum atomic E-state index is -0.106. The average Bonchev–Trinajstić information content (AvgIpc) is 2.46. The fourth-order valence-corrected chi connectivity index (χ4v) is 1.94. The fourth-order valence-electron chi connectivity index (χ4n) is 1.94. The van der Waals surface area contributed by atoms with E-state index in [9.17, 15) is 9.90 Å². The van der Waals surface area contributed by atoms with Crippen LogP contribution in [0.1, 0.15) is 21.6 Å². The maximum atomic E-state index is 12.3. The predicted octanol–water partition coefficient (Wildman–Crippen LogP) is 1.52. The number of nitrogens with zero attached hydrogens (tertiary/aromatic N) is 2. The largest absolute Gasteiger partial charge is 0.508 e. The molecule has 0 spiro atoms. The van der Waals surface area contributed by atoms with Crippen LogP contribution < -0.4 is 5.73 Å². The quantitative estimate of drug-likeness (QED) is 0.883. The van der Waals surface area contributed by atoms with E-state index in [2.05, 4.69) is 4.98 Å². The third kappa shape index (κ3) is 3.33. The van der Waals surface area contributed by atoms with E-state index in [1.165, 1.54) is 0 Å². The molecule has 0 aliphatic rings. The van der Waals surface area contributed by atoms with Crippen LogP contribution in [0.3, 0.4) is 0 Å². The lowest BCUT2D eigenvalue weighted by Crippen LogP contribution is -2.26. The Bertz CT molecular complexity index is 614. The van der Waals surface area contributed by atoms with Crippen molar-refractivity contribution in [3.63, 3.8) is 0 Å². The molecule has 3 N–H and O–H groups in total. The fraction of sp³-hybridized carbons (Fsp3) is 0.200. The highest BCUT2D eigenvalue weighted by Gasteiger charge is 2.12. The minimum absolute atomic E-state index is 0.106. The van der Waals surface area contributed by atoms with Gasteiger partial charge in [0.2, 0.25) is 0 Å². The van der Waals surface area contributed by atoms with Crippen LogP contribution in [0.4, 0.5) is 0 Å². The number of pyridine rings is 1. The van der Waals surface area contributed by atoms with Gasteiger partial charge in [-0.05, 0) is 29.8 Å². The van der Waals surface area contributed by atoms with E-state index in [-0.39, 0.29) is 11.7 Å². The summed E-state index contributed by atoms with van der Waals surface area (Å²) in [5, 5.41) is 9.42. The number of phenolic OH excluding ortho intramolecular Hbond substituents is 1. The van der Waals surface area contributed by atoms with Crippen molar-refractivity contribution < 1.29 is 9.90 Å². The first-order valence-electron chi connectivity index (χ1n) is 6.28. The van der Waals surface area contributed by atoms with E-state index >= 15 is 0 Å². The van der Waals surface area contributed by atoms with Crippen molar-refractivity contribution in [1.29, 1.82) is 0 Å². The molecule has 5 heteroatoms. The molecular formula is C15H17N3O2. The molecule has 104 valence electrons. The molecule has 0 aliphatic heterocycles. The Hall–Kier alpha value is -2.40. The lowest BCUT2D eigenvalue weighted by molar-refractivity contribution is 0.0784. The number of nitrogens with two attached hydrogens (primary N) is 1. The van der Waals surface area contributed by atoms with Crippen molar-refractivity contribution in [3.05, 3.63) is 59.4 Å². The Balaban J connectivity index is 2.12. The first kappa shape index (κ1) is 14.0. The molecule has 0 atom stereocenters. The molecule has 1 amide bonds. The van der Waals surface area contributed by atoms with Gasteiger partial charge in [0.15, 0.2) is 0 Å². The molecule has 0 saturated heterocycles. The van der Waals surface area contributed by atoms with E-state index in [0.717, 1.165) is 5.56 Å². The molecule has 1 heterocycles. The summed E-state index contributed by atoms with van der Waals surface area (Å²) in [5.41, 5.74) is 7.63. The maximum Gasteiger partial charge on any atom is 0.254 e. The van der Waals surface area contributed by atoms with Gasteiger partial charge in [-0.2, -0.15) is 0 Å². The Morgan fingerprint density at radius 3 is 2.85 bits per heavy atom. The van der Waals surface area contributed by atoms with Gasteiger partial charge in [-0.25, -0.2) is 0 Å². The molecule has 0 aliphatic carbocycles. The molecule has 2 aromatic rings. The molecule has 0 bridgehead atoms. The number of phenols is 1. The van der Waals surface area contributed by atoms with Crippen LogP contribution in [0.25, 0.3) is 0 Å². The third-order valence-corrected chi connectivity index (χ3v) is 2.95. The van der Waals surface area contributed by atoms with Crippen LogP contribution in [0.5, 0.6) is 5.75 Å². The van der Waals surface area contributed by atoms with Crippen molar-refractivity contribution in [2.75, 3.05) is 7.05 Å². The van der Waals surface area contributed by atoms with Crippen LogP contribution in [0.15, 0.2) is 42.6 Å². The lowest BCUT2D eigenvalue weighted by atomic mass is 10.1. The van der Waals surface area contributed by atoms with Crippen LogP contribution >= 0.6 is 0 Å². The smallest absolute Gasteiger partial charge is 0.254 e. The zero-order chi connectivity index (χ0) is 14.5. The van der Waals surface area contributed by atoms with Gasteiger partial charge in [0.05, 0.1) is 5.69 Å². The van der Waals surface area contributed by atoms with Crippen LogP contribution in [-0.4, -0.2) is 27.9 Å². The summed E-state index contributed by atoms with van der Waals surface area (Å²) >= 11 is 0. The average molecular weight is 271 g/mol. The molecule has 20 heavy (non-hydrogen) atoms. The van der Waals surface area contributed by atoms with Gasteiger partial charge >= 0.3 is 0 Å². The van der Waals surface area contributed by atoms with E-state index < -0.39 is 0 Å². The molecule has 1 aromatic carbocycles. The zero-order valence-electron chi connectivity index (χ0n) is 11.3. The van der Waals surface area contributed by atoms with Crippen molar-refractivity contribution in [2.24, 2.45) is 5.73 Å². The standard InChI is InChI=1S/C15H17N3O2/c1-18(10-11-3-2-4-14(19)7-11)15(20)12-5-6-17-13(8-12)9-16/h2-8,19H,9-10,16H2,1H3. The normalized spacial score (nSPS) is 10.3. The van der Waals surface area contributed by atoms with E-state index in [1.807, 2.05) is 6.07 Å². The molecule has 0 fully saturated rings. The van der Waals surface area contributed by atoms with Gasteiger partial charge in [-0.15, -0.1) is 0 Å². The zero-order valence-corrected chi connectivity index (χ0v) is 11.3. The highest BCUT2D eigenvalue weighted by atomic mass is 16.3. The van der Waals surface area contributed by atoms with Gasteiger partial charge in [-0.3, -0.25) is 9.78 Å². The van der Waals surface area contributed by atoms with Gasteiger partial charge < -0.3 is 15.7 Å². The predicted molar refractivity (Wildman–Crippen MR) is 76.0 cm³/mol.